The third kappa shape index (κ3) is 2.71. The molecule has 0 saturated carbocycles. The zero-order chi connectivity index (χ0) is 13.1. The van der Waals surface area contributed by atoms with Crippen molar-refractivity contribution in [1.82, 2.24) is 4.90 Å². The molecule has 0 radical (unpaired) electrons. The number of hydrogen-bond acceptors (Lipinski definition) is 3. The van der Waals surface area contributed by atoms with Gasteiger partial charge in [0.15, 0.2) is 0 Å². The molecule has 1 N–H and O–H groups in total. The molecule has 0 atom stereocenters. The van der Waals surface area contributed by atoms with Crippen LogP contribution in [0, 0.1) is 0 Å². The van der Waals surface area contributed by atoms with Crippen LogP contribution in [0.3, 0.4) is 0 Å². The van der Waals surface area contributed by atoms with Gasteiger partial charge in [0.05, 0.1) is 13.8 Å². The summed E-state index contributed by atoms with van der Waals surface area (Å²) < 4.78 is 5.18. The van der Waals surface area contributed by atoms with Gasteiger partial charge >= 0.3 is 0 Å². The molecular weight excluding hydrogens is 236 g/mol. The van der Waals surface area contributed by atoms with Crippen LogP contribution in [0.15, 0.2) is 48.5 Å². The number of para-hydroxylation sites is 1. The highest BCUT2D eigenvalue weighted by Crippen LogP contribution is 2.23. The summed E-state index contributed by atoms with van der Waals surface area (Å²) in [5.41, 5.74) is 3.93. The summed E-state index contributed by atoms with van der Waals surface area (Å²) in [5, 5.41) is 3.46. The highest BCUT2D eigenvalue weighted by Gasteiger charge is 2.14. The predicted molar refractivity (Wildman–Crippen MR) is 77.2 cm³/mol. The molecule has 2 aromatic rings. The maximum atomic E-state index is 5.18. The summed E-state index contributed by atoms with van der Waals surface area (Å²) in [4.78, 5) is 2.39. The van der Waals surface area contributed by atoms with E-state index in [0.717, 1.165) is 25.5 Å². The second-order valence-electron chi connectivity index (χ2n) is 4.83. The van der Waals surface area contributed by atoms with Crippen LogP contribution in [0.4, 0.5) is 5.69 Å². The van der Waals surface area contributed by atoms with Crippen LogP contribution in [-0.2, 0) is 13.1 Å². The molecule has 0 saturated heterocycles. The summed E-state index contributed by atoms with van der Waals surface area (Å²) in [6, 6.07) is 16.8. The average Bonchev–Trinajstić information content (AvgIpc) is 2.48. The fraction of sp³-hybridized carbons (Fsp3) is 0.250. The van der Waals surface area contributed by atoms with Gasteiger partial charge in [-0.2, -0.15) is 0 Å². The number of ether oxygens (including phenoxy) is 1. The van der Waals surface area contributed by atoms with Gasteiger partial charge in [0, 0.05) is 18.8 Å². The Morgan fingerprint density at radius 3 is 2.68 bits per heavy atom. The standard InChI is InChI=1S/C16H18N2O/c1-19-15-8-6-13(7-9-15)10-18-11-14-4-2-3-5-16(14)17-12-18/h2-9,17H,10-12H2,1H3. The van der Waals surface area contributed by atoms with Gasteiger partial charge in [-0.25, -0.2) is 0 Å². The van der Waals surface area contributed by atoms with Crippen molar-refractivity contribution in [2.45, 2.75) is 13.1 Å². The van der Waals surface area contributed by atoms with Crippen molar-refractivity contribution >= 4 is 5.69 Å². The summed E-state index contributed by atoms with van der Waals surface area (Å²) in [6.07, 6.45) is 0. The average molecular weight is 254 g/mol. The zero-order valence-corrected chi connectivity index (χ0v) is 11.1. The maximum Gasteiger partial charge on any atom is 0.118 e. The lowest BCUT2D eigenvalue weighted by molar-refractivity contribution is 0.267. The number of nitrogens with one attached hydrogen (secondary N) is 1. The summed E-state index contributed by atoms with van der Waals surface area (Å²) in [6.45, 7) is 2.84. The van der Waals surface area contributed by atoms with E-state index in [1.54, 1.807) is 7.11 Å². The van der Waals surface area contributed by atoms with E-state index in [9.17, 15) is 0 Å². The quantitative estimate of drug-likeness (QED) is 0.911. The molecule has 19 heavy (non-hydrogen) atoms. The lowest BCUT2D eigenvalue weighted by atomic mass is 10.1. The molecule has 98 valence electrons. The number of anilines is 1. The Morgan fingerprint density at radius 2 is 1.89 bits per heavy atom. The smallest absolute Gasteiger partial charge is 0.118 e. The van der Waals surface area contributed by atoms with Gasteiger partial charge in [-0.1, -0.05) is 30.3 Å². The molecule has 0 spiro atoms. The first kappa shape index (κ1) is 12.1. The third-order valence-electron chi connectivity index (χ3n) is 3.47. The molecule has 3 heteroatoms. The fourth-order valence-corrected chi connectivity index (χ4v) is 2.43. The summed E-state index contributed by atoms with van der Waals surface area (Å²) in [5.74, 6) is 0.908. The molecule has 0 amide bonds. The Labute approximate surface area is 113 Å². The largest absolute Gasteiger partial charge is 0.497 e. The van der Waals surface area contributed by atoms with Gasteiger partial charge in [0.25, 0.3) is 0 Å². The van der Waals surface area contributed by atoms with Gasteiger partial charge in [-0.3, -0.25) is 4.90 Å². The molecule has 1 aliphatic rings. The molecule has 0 aromatic heterocycles. The predicted octanol–water partition coefficient (Wildman–Crippen LogP) is 3.08. The van der Waals surface area contributed by atoms with Crippen molar-refractivity contribution in [1.29, 1.82) is 0 Å². The monoisotopic (exact) mass is 254 g/mol. The van der Waals surface area contributed by atoms with Gasteiger partial charge < -0.3 is 10.1 Å². The molecular formula is C16H18N2O. The minimum atomic E-state index is 0.892. The first-order valence-electron chi connectivity index (χ1n) is 6.52. The molecule has 0 aliphatic carbocycles. The van der Waals surface area contributed by atoms with E-state index in [2.05, 4.69) is 46.6 Å². The molecule has 3 rings (SSSR count). The van der Waals surface area contributed by atoms with Gasteiger partial charge in [0.2, 0.25) is 0 Å². The van der Waals surface area contributed by atoms with Crippen molar-refractivity contribution in [3.63, 3.8) is 0 Å². The molecule has 1 aliphatic heterocycles. The van der Waals surface area contributed by atoms with E-state index in [4.69, 9.17) is 4.74 Å². The van der Waals surface area contributed by atoms with Gasteiger partial charge in [-0.05, 0) is 29.3 Å². The molecule has 0 bridgehead atoms. The van der Waals surface area contributed by atoms with Crippen molar-refractivity contribution in [2.75, 3.05) is 19.1 Å². The number of fused-ring (bicyclic) bond motifs is 1. The first-order chi connectivity index (χ1) is 9.35. The topological polar surface area (TPSA) is 24.5 Å². The third-order valence-corrected chi connectivity index (χ3v) is 3.47. The van der Waals surface area contributed by atoms with E-state index in [-0.39, 0.29) is 0 Å². The van der Waals surface area contributed by atoms with Crippen LogP contribution in [0.1, 0.15) is 11.1 Å². The van der Waals surface area contributed by atoms with E-state index < -0.39 is 0 Å². The van der Waals surface area contributed by atoms with Crippen LogP contribution in [0.5, 0.6) is 5.75 Å². The van der Waals surface area contributed by atoms with Gasteiger partial charge in [0.1, 0.15) is 5.75 Å². The second-order valence-corrected chi connectivity index (χ2v) is 4.83. The van der Waals surface area contributed by atoms with Crippen molar-refractivity contribution in [3.8, 4) is 5.75 Å². The van der Waals surface area contributed by atoms with Crippen molar-refractivity contribution in [2.24, 2.45) is 0 Å². The lowest BCUT2D eigenvalue weighted by Crippen LogP contribution is -2.32. The van der Waals surface area contributed by atoms with E-state index in [0.29, 0.717) is 0 Å². The van der Waals surface area contributed by atoms with E-state index >= 15 is 0 Å². The molecule has 1 heterocycles. The van der Waals surface area contributed by atoms with Crippen LogP contribution in [0.25, 0.3) is 0 Å². The Kier molecular flexibility index (Phi) is 3.38. The number of nitrogens with zero attached hydrogens (tertiary/aromatic N) is 1. The van der Waals surface area contributed by atoms with Crippen LogP contribution in [-0.4, -0.2) is 18.7 Å². The van der Waals surface area contributed by atoms with Crippen LogP contribution in [0.2, 0.25) is 0 Å². The van der Waals surface area contributed by atoms with Crippen LogP contribution >= 0.6 is 0 Å². The fourth-order valence-electron chi connectivity index (χ4n) is 2.43. The number of hydrogen-bond donors (Lipinski definition) is 1. The number of methoxy groups -OCH3 is 1. The normalized spacial score (nSPS) is 14.6. The number of benzene rings is 2. The summed E-state index contributed by atoms with van der Waals surface area (Å²) >= 11 is 0. The van der Waals surface area contributed by atoms with Crippen molar-refractivity contribution in [3.05, 3.63) is 59.7 Å². The van der Waals surface area contributed by atoms with Gasteiger partial charge in [-0.15, -0.1) is 0 Å². The van der Waals surface area contributed by atoms with Crippen LogP contribution < -0.4 is 10.1 Å². The molecule has 0 unspecified atom stereocenters. The number of rotatable bonds is 3. The minimum absolute atomic E-state index is 0.892. The highest BCUT2D eigenvalue weighted by atomic mass is 16.5. The van der Waals surface area contributed by atoms with E-state index in [1.807, 2.05) is 12.1 Å². The Morgan fingerprint density at radius 1 is 1.11 bits per heavy atom. The SMILES string of the molecule is COc1ccc(CN2CNc3ccccc3C2)cc1. The lowest BCUT2D eigenvalue weighted by Gasteiger charge is -2.29. The maximum absolute atomic E-state index is 5.18. The highest BCUT2D eigenvalue weighted by molar-refractivity contribution is 5.52. The molecule has 2 aromatic carbocycles. The minimum Gasteiger partial charge on any atom is -0.497 e. The van der Waals surface area contributed by atoms with E-state index in [1.165, 1.54) is 16.8 Å². The Bertz CT molecular complexity index is 551. The molecule has 3 nitrogen and oxygen atoms in total. The molecule has 0 fully saturated rings. The zero-order valence-electron chi connectivity index (χ0n) is 11.1. The second kappa shape index (κ2) is 5.33. The Balaban J connectivity index is 1.68. The summed E-state index contributed by atoms with van der Waals surface area (Å²) in [7, 11) is 1.69. The Hall–Kier alpha value is -2.00. The first-order valence-corrected chi connectivity index (χ1v) is 6.52. The van der Waals surface area contributed by atoms with Crippen molar-refractivity contribution < 1.29 is 4.74 Å².